The largest absolute Gasteiger partial charge is 0.454 e. The second-order valence-electron chi connectivity index (χ2n) is 3.44. The minimum atomic E-state index is -0.311. The minimum absolute atomic E-state index is 0.248. The second-order valence-corrected chi connectivity index (χ2v) is 4.40. The first kappa shape index (κ1) is 11.7. The van der Waals surface area contributed by atoms with Crippen molar-refractivity contribution < 1.29 is 14.3 Å². The highest BCUT2D eigenvalue weighted by Crippen LogP contribution is 2.29. The number of thioether (sulfide) groups is 1. The standard InChI is InChI=1S/C12H11NO3S/c1-8(15)16-7-17-11-4-2-3-10-12(11)9(6-14)5-13-10/h2-6,13H,7H2,1H3. The number of carbonyl (C=O) groups is 2. The molecule has 1 aromatic heterocycles. The highest BCUT2D eigenvalue weighted by molar-refractivity contribution is 7.99. The van der Waals surface area contributed by atoms with Crippen LogP contribution in [0.5, 0.6) is 0 Å². The Labute approximate surface area is 102 Å². The molecule has 2 rings (SSSR count). The molecule has 2 aromatic rings. The number of H-pyrrole nitrogens is 1. The average Bonchev–Trinajstić information content (AvgIpc) is 2.72. The Bertz CT molecular complexity index is 562. The zero-order valence-electron chi connectivity index (χ0n) is 9.23. The van der Waals surface area contributed by atoms with Gasteiger partial charge in [0.05, 0.1) is 0 Å². The quantitative estimate of drug-likeness (QED) is 0.391. The monoisotopic (exact) mass is 249 g/mol. The highest BCUT2D eigenvalue weighted by atomic mass is 32.2. The Kier molecular flexibility index (Phi) is 3.49. The Morgan fingerprint density at radius 1 is 1.53 bits per heavy atom. The molecule has 0 aliphatic rings. The van der Waals surface area contributed by atoms with E-state index in [0.717, 1.165) is 22.1 Å². The van der Waals surface area contributed by atoms with Crippen molar-refractivity contribution in [3.63, 3.8) is 0 Å². The van der Waals surface area contributed by atoms with Crippen LogP contribution in [0, 0.1) is 0 Å². The SMILES string of the molecule is CC(=O)OCSc1cccc2[nH]cc(C=O)c12. The molecule has 88 valence electrons. The maximum atomic E-state index is 10.9. The molecule has 5 heteroatoms. The zero-order chi connectivity index (χ0) is 12.3. The summed E-state index contributed by atoms with van der Waals surface area (Å²) in [6, 6.07) is 5.69. The molecule has 0 unspecified atom stereocenters. The van der Waals surface area contributed by atoms with Gasteiger partial charge < -0.3 is 9.72 Å². The molecule has 0 aliphatic heterocycles. The molecular formula is C12H11NO3S. The number of hydrogen-bond donors (Lipinski definition) is 1. The summed E-state index contributed by atoms with van der Waals surface area (Å²) in [7, 11) is 0. The summed E-state index contributed by atoms with van der Waals surface area (Å²) in [5.41, 5.74) is 1.52. The molecule has 0 amide bonds. The summed E-state index contributed by atoms with van der Waals surface area (Å²) in [5, 5.41) is 0.875. The lowest BCUT2D eigenvalue weighted by molar-refractivity contribution is -0.138. The van der Waals surface area contributed by atoms with Crippen molar-refractivity contribution in [2.75, 3.05) is 5.94 Å². The molecule has 4 nitrogen and oxygen atoms in total. The number of nitrogens with one attached hydrogen (secondary N) is 1. The second kappa shape index (κ2) is 5.05. The van der Waals surface area contributed by atoms with E-state index in [2.05, 4.69) is 4.98 Å². The molecule has 0 aliphatic carbocycles. The van der Waals surface area contributed by atoms with E-state index < -0.39 is 0 Å². The number of esters is 1. The Morgan fingerprint density at radius 3 is 3.06 bits per heavy atom. The van der Waals surface area contributed by atoms with Gasteiger partial charge in [-0.1, -0.05) is 17.8 Å². The lowest BCUT2D eigenvalue weighted by Crippen LogP contribution is -1.96. The first-order valence-corrected chi connectivity index (χ1v) is 6.02. The molecule has 0 spiro atoms. The van der Waals surface area contributed by atoms with Gasteiger partial charge in [-0.25, -0.2) is 0 Å². The predicted octanol–water partition coefficient (Wildman–Crippen LogP) is 2.59. The van der Waals surface area contributed by atoms with Gasteiger partial charge in [0.2, 0.25) is 0 Å². The normalized spacial score (nSPS) is 10.4. The number of fused-ring (bicyclic) bond motifs is 1. The van der Waals surface area contributed by atoms with E-state index in [9.17, 15) is 9.59 Å². The van der Waals surface area contributed by atoms with Crippen LogP contribution >= 0.6 is 11.8 Å². The smallest absolute Gasteiger partial charge is 0.303 e. The van der Waals surface area contributed by atoms with Gasteiger partial charge in [-0.2, -0.15) is 0 Å². The van der Waals surface area contributed by atoms with Crippen LogP contribution in [-0.4, -0.2) is 23.2 Å². The van der Waals surface area contributed by atoms with E-state index in [1.165, 1.54) is 18.7 Å². The maximum absolute atomic E-state index is 10.9. The fraction of sp³-hybridized carbons (Fsp3) is 0.167. The van der Waals surface area contributed by atoms with Crippen LogP contribution in [0.2, 0.25) is 0 Å². The van der Waals surface area contributed by atoms with Gasteiger partial charge in [0.15, 0.2) is 6.29 Å². The minimum Gasteiger partial charge on any atom is -0.454 e. The van der Waals surface area contributed by atoms with Gasteiger partial charge in [0.1, 0.15) is 5.94 Å². The van der Waals surface area contributed by atoms with Crippen LogP contribution in [0.25, 0.3) is 10.9 Å². The number of aromatic nitrogens is 1. The first-order chi connectivity index (χ1) is 8.22. The van der Waals surface area contributed by atoms with Gasteiger partial charge in [-0.3, -0.25) is 9.59 Å². The Morgan fingerprint density at radius 2 is 2.35 bits per heavy atom. The highest BCUT2D eigenvalue weighted by Gasteiger charge is 2.08. The number of aldehydes is 1. The number of hydrogen-bond acceptors (Lipinski definition) is 4. The summed E-state index contributed by atoms with van der Waals surface area (Å²) in [6.07, 6.45) is 2.49. The molecule has 1 heterocycles. The van der Waals surface area contributed by atoms with E-state index in [1.807, 2.05) is 18.2 Å². The predicted molar refractivity (Wildman–Crippen MR) is 66.2 cm³/mol. The summed E-state index contributed by atoms with van der Waals surface area (Å²) in [6.45, 7) is 1.37. The summed E-state index contributed by atoms with van der Waals surface area (Å²) < 4.78 is 4.87. The van der Waals surface area contributed by atoms with Crippen LogP contribution in [0.15, 0.2) is 29.3 Å². The number of rotatable bonds is 4. The summed E-state index contributed by atoms with van der Waals surface area (Å²) in [4.78, 5) is 25.5. The van der Waals surface area contributed by atoms with Crippen LogP contribution in [0.4, 0.5) is 0 Å². The number of carbonyl (C=O) groups excluding carboxylic acids is 2. The Hall–Kier alpha value is -1.75. The van der Waals surface area contributed by atoms with E-state index in [4.69, 9.17) is 4.74 Å². The lowest BCUT2D eigenvalue weighted by atomic mass is 10.2. The average molecular weight is 249 g/mol. The molecular weight excluding hydrogens is 238 g/mol. The van der Waals surface area contributed by atoms with Gasteiger partial charge in [0, 0.05) is 34.5 Å². The van der Waals surface area contributed by atoms with Crippen molar-refractivity contribution in [3.8, 4) is 0 Å². The summed E-state index contributed by atoms with van der Waals surface area (Å²) in [5.74, 6) is -0.0628. The van der Waals surface area contributed by atoms with Crippen molar-refractivity contribution in [2.24, 2.45) is 0 Å². The van der Waals surface area contributed by atoms with Crippen LogP contribution in [0.3, 0.4) is 0 Å². The third-order valence-electron chi connectivity index (χ3n) is 2.30. The molecule has 0 bridgehead atoms. The van der Waals surface area contributed by atoms with Crippen LogP contribution < -0.4 is 0 Å². The zero-order valence-corrected chi connectivity index (χ0v) is 10.0. The number of ether oxygens (including phenoxy) is 1. The van der Waals surface area contributed by atoms with E-state index in [0.29, 0.717) is 5.56 Å². The fourth-order valence-electron chi connectivity index (χ4n) is 1.57. The molecule has 17 heavy (non-hydrogen) atoms. The molecule has 0 fully saturated rings. The number of aromatic amines is 1. The van der Waals surface area contributed by atoms with Crippen molar-refractivity contribution in [1.82, 2.24) is 4.98 Å². The van der Waals surface area contributed by atoms with Crippen molar-refractivity contribution >= 4 is 34.9 Å². The maximum Gasteiger partial charge on any atom is 0.303 e. The van der Waals surface area contributed by atoms with Gasteiger partial charge >= 0.3 is 5.97 Å². The van der Waals surface area contributed by atoms with E-state index in [1.54, 1.807) is 6.20 Å². The van der Waals surface area contributed by atoms with Crippen molar-refractivity contribution in [3.05, 3.63) is 30.0 Å². The lowest BCUT2D eigenvalue weighted by Gasteiger charge is -2.04. The molecule has 0 atom stereocenters. The van der Waals surface area contributed by atoms with Gasteiger partial charge in [-0.05, 0) is 12.1 Å². The third-order valence-corrected chi connectivity index (χ3v) is 3.19. The summed E-state index contributed by atoms with van der Waals surface area (Å²) >= 11 is 1.39. The topological polar surface area (TPSA) is 59.2 Å². The van der Waals surface area contributed by atoms with Crippen LogP contribution in [-0.2, 0) is 9.53 Å². The van der Waals surface area contributed by atoms with Crippen molar-refractivity contribution in [1.29, 1.82) is 0 Å². The molecule has 1 N–H and O–H groups in total. The van der Waals surface area contributed by atoms with Crippen LogP contribution in [0.1, 0.15) is 17.3 Å². The van der Waals surface area contributed by atoms with Gasteiger partial charge in [0.25, 0.3) is 0 Å². The first-order valence-electron chi connectivity index (χ1n) is 5.04. The fourth-order valence-corrected chi connectivity index (χ4v) is 2.46. The van der Waals surface area contributed by atoms with E-state index in [-0.39, 0.29) is 11.9 Å². The Balaban J connectivity index is 2.29. The molecule has 0 radical (unpaired) electrons. The van der Waals surface area contributed by atoms with Gasteiger partial charge in [-0.15, -0.1) is 0 Å². The van der Waals surface area contributed by atoms with Crippen molar-refractivity contribution in [2.45, 2.75) is 11.8 Å². The molecule has 1 aromatic carbocycles. The molecule has 0 saturated carbocycles. The number of benzene rings is 1. The third kappa shape index (κ3) is 2.50. The molecule has 0 saturated heterocycles. The van der Waals surface area contributed by atoms with E-state index >= 15 is 0 Å².